The molecule has 1 heterocycles. The number of aryl methyl sites for hydroxylation is 1. The number of amides is 2. The van der Waals surface area contributed by atoms with Crippen molar-refractivity contribution in [1.82, 2.24) is 10.2 Å². The van der Waals surface area contributed by atoms with Crippen molar-refractivity contribution in [2.75, 3.05) is 19.6 Å². The van der Waals surface area contributed by atoms with Crippen LogP contribution in [0.5, 0.6) is 0 Å². The number of rotatable bonds is 9. The van der Waals surface area contributed by atoms with Gasteiger partial charge in [0.15, 0.2) is 0 Å². The van der Waals surface area contributed by atoms with Crippen LogP contribution >= 0.6 is 0 Å². The van der Waals surface area contributed by atoms with Crippen LogP contribution in [0, 0.1) is 11.6 Å². The largest absolute Gasteiger partial charge is 0.356 e. The molecule has 0 atom stereocenters. The van der Waals surface area contributed by atoms with Gasteiger partial charge in [0.1, 0.15) is 11.6 Å². The Balaban J connectivity index is 1.34. The molecule has 0 bridgehead atoms. The predicted octanol–water partition coefficient (Wildman–Crippen LogP) is 5.21. The van der Waals surface area contributed by atoms with Crippen LogP contribution in [0.1, 0.15) is 42.4 Å². The standard InChI is InChI=1S/C30H32F2N2O2/c31-26-13-10-23(11-14-26)12-15-29(36)34-20-17-30(18-21-34,25-7-2-1-3-8-25)22-28(35)33-19-16-24-6-4-5-9-27(24)32/h1-11,13-14H,12,15-22H2,(H,33,35). The van der Waals surface area contributed by atoms with Crippen LogP contribution in [0.2, 0.25) is 0 Å². The number of carbonyl (C=O) groups excluding carboxylic acids is 2. The number of carbonyl (C=O) groups is 2. The molecule has 36 heavy (non-hydrogen) atoms. The summed E-state index contributed by atoms with van der Waals surface area (Å²) >= 11 is 0. The highest BCUT2D eigenvalue weighted by atomic mass is 19.1. The zero-order valence-electron chi connectivity index (χ0n) is 20.4. The molecule has 4 nitrogen and oxygen atoms in total. The third kappa shape index (κ3) is 6.56. The molecule has 1 N–H and O–H groups in total. The molecule has 4 rings (SSSR count). The molecule has 2 amide bonds. The molecule has 0 spiro atoms. The molecule has 188 valence electrons. The van der Waals surface area contributed by atoms with E-state index in [-0.39, 0.29) is 28.9 Å². The van der Waals surface area contributed by atoms with E-state index in [4.69, 9.17) is 0 Å². The molecule has 0 saturated carbocycles. The molecule has 1 aliphatic rings. The number of nitrogens with one attached hydrogen (secondary N) is 1. The predicted molar refractivity (Wildman–Crippen MR) is 136 cm³/mol. The van der Waals surface area contributed by atoms with Gasteiger partial charge in [0.2, 0.25) is 11.8 Å². The van der Waals surface area contributed by atoms with Crippen LogP contribution in [-0.2, 0) is 27.8 Å². The van der Waals surface area contributed by atoms with Gasteiger partial charge in [-0.3, -0.25) is 9.59 Å². The average Bonchev–Trinajstić information content (AvgIpc) is 2.90. The summed E-state index contributed by atoms with van der Waals surface area (Å²) in [5, 5.41) is 2.96. The molecule has 1 aliphatic heterocycles. The van der Waals surface area contributed by atoms with Crippen LogP contribution in [0.25, 0.3) is 0 Å². The maximum atomic E-state index is 13.9. The van der Waals surface area contributed by atoms with E-state index < -0.39 is 0 Å². The normalized spacial score (nSPS) is 14.9. The average molecular weight is 491 g/mol. The summed E-state index contributed by atoms with van der Waals surface area (Å²) in [6, 6.07) is 22.9. The van der Waals surface area contributed by atoms with Gasteiger partial charge in [0, 0.05) is 37.9 Å². The molecular weight excluding hydrogens is 458 g/mol. The first-order valence-corrected chi connectivity index (χ1v) is 12.5. The molecule has 3 aromatic rings. The van der Waals surface area contributed by atoms with E-state index in [0.29, 0.717) is 63.7 Å². The number of piperidine rings is 1. The molecule has 1 fully saturated rings. The molecule has 0 aliphatic carbocycles. The zero-order chi connectivity index (χ0) is 25.4. The second-order valence-corrected chi connectivity index (χ2v) is 9.52. The molecule has 3 aromatic carbocycles. The number of benzene rings is 3. The first-order chi connectivity index (χ1) is 17.4. The van der Waals surface area contributed by atoms with Gasteiger partial charge in [0.25, 0.3) is 0 Å². The third-order valence-corrected chi connectivity index (χ3v) is 7.17. The number of halogens is 2. The van der Waals surface area contributed by atoms with Crippen molar-refractivity contribution in [3.8, 4) is 0 Å². The Morgan fingerprint density at radius 2 is 1.50 bits per heavy atom. The summed E-state index contributed by atoms with van der Waals surface area (Å²) in [7, 11) is 0. The molecule has 1 saturated heterocycles. The van der Waals surface area contributed by atoms with Crippen molar-refractivity contribution >= 4 is 11.8 Å². The Morgan fingerprint density at radius 1 is 0.833 bits per heavy atom. The summed E-state index contributed by atoms with van der Waals surface area (Å²) in [6.45, 7) is 1.54. The maximum absolute atomic E-state index is 13.9. The Hall–Kier alpha value is -3.54. The van der Waals surface area contributed by atoms with Crippen LogP contribution in [0.3, 0.4) is 0 Å². The number of nitrogens with zero attached hydrogens (tertiary/aromatic N) is 1. The second kappa shape index (κ2) is 11.9. The SMILES string of the molecule is O=C(CC1(c2ccccc2)CCN(C(=O)CCc2ccc(F)cc2)CC1)NCCc1ccccc1F. The molecule has 0 aromatic heterocycles. The van der Waals surface area contributed by atoms with E-state index in [1.54, 1.807) is 30.3 Å². The van der Waals surface area contributed by atoms with E-state index in [9.17, 15) is 18.4 Å². The molecule has 6 heteroatoms. The fourth-order valence-electron chi connectivity index (χ4n) is 5.01. The highest BCUT2D eigenvalue weighted by Crippen LogP contribution is 2.39. The van der Waals surface area contributed by atoms with E-state index >= 15 is 0 Å². The van der Waals surface area contributed by atoms with Crippen molar-refractivity contribution in [2.24, 2.45) is 0 Å². The van der Waals surface area contributed by atoms with Gasteiger partial charge in [-0.25, -0.2) is 8.78 Å². The Morgan fingerprint density at radius 3 is 2.19 bits per heavy atom. The zero-order valence-corrected chi connectivity index (χ0v) is 20.4. The van der Waals surface area contributed by atoms with E-state index in [0.717, 1.165) is 11.1 Å². The second-order valence-electron chi connectivity index (χ2n) is 9.52. The first-order valence-electron chi connectivity index (χ1n) is 12.5. The lowest BCUT2D eigenvalue weighted by Crippen LogP contribution is -2.47. The van der Waals surface area contributed by atoms with E-state index in [2.05, 4.69) is 17.4 Å². The third-order valence-electron chi connectivity index (χ3n) is 7.17. The molecule has 0 unspecified atom stereocenters. The van der Waals surface area contributed by atoms with Crippen LogP contribution in [0.4, 0.5) is 8.78 Å². The lowest BCUT2D eigenvalue weighted by molar-refractivity contribution is -0.133. The quantitative estimate of drug-likeness (QED) is 0.448. The Labute approximate surface area is 211 Å². The van der Waals surface area contributed by atoms with Gasteiger partial charge >= 0.3 is 0 Å². The van der Waals surface area contributed by atoms with Gasteiger partial charge in [-0.05, 0) is 60.6 Å². The number of hydrogen-bond donors (Lipinski definition) is 1. The summed E-state index contributed by atoms with van der Waals surface area (Å²) in [5.41, 5.74) is 2.28. The van der Waals surface area contributed by atoms with Gasteiger partial charge in [-0.15, -0.1) is 0 Å². The number of hydrogen-bond acceptors (Lipinski definition) is 2. The van der Waals surface area contributed by atoms with Crippen molar-refractivity contribution < 1.29 is 18.4 Å². The maximum Gasteiger partial charge on any atom is 0.222 e. The van der Waals surface area contributed by atoms with Crippen LogP contribution < -0.4 is 5.32 Å². The van der Waals surface area contributed by atoms with Gasteiger partial charge in [0.05, 0.1) is 0 Å². The number of likely N-dealkylation sites (tertiary alicyclic amines) is 1. The van der Waals surface area contributed by atoms with Crippen LogP contribution in [0.15, 0.2) is 78.9 Å². The fraction of sp³-hybridized carbons (Fsp3) is 0.333. The molecule has 0 radical (unpaired) electrons. The van der Waals surface area contributed by atoms with Crippen molar-refractivity contribution in [2.45, 2.75) is 43.9 Å². The lowest BCUT2D eigenvalue weighted by Gasteiger charge is -2.42. The van der Waals surface area contributed by atoms with Crippen molar-refractivity contribution in [1.29, 1.82) is 0 Å². The minimum Gasteiger partial charge on any atom is -0.356 e. The summed E-state index contributed by atoms with van der Waals surface area (Å²) in [4.78, 5) is 27.7. The summed E-state index contributed by atoms with van der Waals surface area (Å²) < 4.78 is 27.0. The fourth-order valence-corrected chi connectivity index (χ4v) is 5.01. The summed E-state index contributed by atoms with van der Waals surface area (Å²) in [5.74, 6) is -0.528. The highest BCUT2D eigenvalue weighted by Gasteiger charge is 2.39. The minimum absolute atomic E-state index is 0.0636. The van der Waals surface area contributed by atoms with E-state index in [1.165, 1.54) is 18.2 Å². The van der Waals surface area contributed by atoms with Crippen LogP contribution in [-0.4, -0.2) is 36.3 Å². The molecular formula is C30H32F2N2O2. The van der Waals surface area contributed by atoms with Gasteiger partial charge in [-0.2, -0.15) is 0 Å². The van der Waals surface area contributed by atoms with Gasteiger partial charge in [-0.1, -0.05) is 60.7 Å². The van der Waals surface area contributed by atoms with Crippen molar-refractivity contribution in [3.63, 3.8) is 0 Å². The lowest BCUT2D eigenvalue weighted by atomic mass is 9.70. The Bertz CT molecular complexity index is 1160. The van der Waals surface area contributed by atoms with E-state index in [1.807, 2.05) is 23.1 Å². The highest BCUT2D eigenvalue weighted by molar-refractivity contribution is 5.78. The monoisotopic (exact) mass is 490 g/mol. The first kappa shape index (κ1) is 25.5. The topological polar surface area (TPSA) is 49.4 Å². The van der Waals surface area contributed by atoms with Crippen molar-refractivity contribution in [3.05, 3.63) is 107 Å². The Kier molecular flexibility index (Phi) is 8.47. The minimum atomic E-state index is -0.350. The smallest absolute Gasteiger partial charge is 0.222 e. The van der Waals surface area contributed by atoms with Gasteiger partial charge < -0.3 is 10.2 Å². The summed E-state index contributed by atoms with van der Waals surface area (Å²) in [6.07, 6.45) is 3.10.